The largest absolute Gasteiger partial charge is 0.383 e. The average Bonchev–Trinajstić information content (AvgIpc) is 2.30. The number of para-hydroxylation sites is 1. The van der Waals surface area contributed by atoms with Gasteiger partial charge < -0.3 is 9.64 Å². The quantitative estimate of drug-likeness (QED) is 0.797. The second kappa shape index (κ2) is 6.83. The lowest BCUT2D eigenvalue weighted by Gasteiger charge is -2.25. The van der Waals surface area contributed by atoms with Gasteiger partial charge in [-0.2, -0.15) is 8.42 Å². The smallest absolute Gasteiger partial charge is 0.274 e. The fourth-order valence-electron chi connectivity index (χ4n) is 2.01. The summed E-state index contributed by atoms with van der Waals surface area (Å²) >= 11 is 0. The van der Waals surface area contributed by atoms with Gasteiger partial charge in [-0.15, -0.1) is 0 Å². The number of aryl methyl sites for hydroxylation is 2. The normalized spacial score (nSPS) is 11.4. The van der Waals surface area contributed by atoms with Crippen LogP contribution in [0.2, 0.25) is 0 Å². The third kappa shape index (κ3) is 4.59. The summed E-state index contributed by atoms with van der Waals surface area (Å²) in [6.45, 7) is 4.16. The van der Waals surface area contributed by atoms with Gasteiger partial charge in [-0.25, -0.2) is 0 Å². The first kappa shape index (κ1) is 16.6. The predicted molar refractivity (Wildman–Crippen MR) is 76.6 cm³/mol. The summed E-state index contributed by atoms with van der Waals surface area (Å²) in [7, 11) is -2.86. The Morgan fingerprint density at radius 2 is 1.85 bits per heavy atom. The van der Waals surface area contributed by atoms with E-state index in [1.165, 1.54) is 12.0 Å². The molecule has 0 saturated heterocycles. The molecular weight excluding hydrogens is 282 g/mol. The van der Waals surface area contributed by atoms with Crippen molar-refractivity contribution in [1.29, 1.82) is 0 Å². The van der Waals surface area contributed by atoms with Gasteiger partial charge in [-0.05, 0) is 25.0 Å². The molecule has 112 valence electrons. The fraction of sp³-hybridized carbons (Fsp3) is 0.462. The van der Waals surface area contributed by atoms with E-state index in [0.717, 1.165) is 11.1 Å². The SMILES string of the molecule is COCCN(C(=O)CS(=O)(=O)O)c1c(C)cccc1C. The maximum atomic E-state index is 12.1. The van der Waals surface area contributed by atoms with E-state index >= 15 is 0 Å². The van der Waals surface area contributed by atoms with Crippen molar-refractivity contribution in [3.63, 3.8) is 0 Å². The molecule has 6 nitrogen and oxygen atoms in total. The van der Waals surface area contributed by atoms with Gasteiger partial charge in [0.25, 0.3) is 10.1 Å². The third-order valence-corrected chi connectivity index (χ3v) is 3.45. The van der Waals surface area contributed by atoms with Crippen LogP contribution in [0.1, 0.15) is 11.1 Å². The van der Waals surface area contributed by atoms with E-state index in [-0.39, 0.29) is 13.2 Å². The molecule has 0 saturated carbocycles. The van der Waals surface area contributed by atoms with Gasteiger partial charge in [0.05, 0.1) is 6.61 Å². The molecule has 0 bridgehead atoms. The standard InChI is InChI=1S/C13H19NO5S/c1-10-5-4-6-11(2)13(10)14(7-8-19-3)12(15)9-20(16,17)18/h4-6H,7-9H2,1-3H3,(H,16,17,18). The highest BCUT2D eigenvalue weighted by Gasteiger charge is 2.23. The number of hydrogen-bond donors (Lipinski definition) is 1. The highest BCUT2D eigenvalue weighted by atomic mass is 32.2. The number of nitrogens with zero attached hydrogens (tertiary/aromatic N) is 1. The van der Waals surface area contributed by atoms with Crippen LogP contribution < -0.4 is 4.90 Å². The molecule has 20 heavy (non-hydrogen) atoms. The monoisotopic (exact) mass is 301 g/mol. The number of rotatable bonds is 6. The molecule has 0 unspecified atom stereocenters. The summed E-state index contributed by atoms with van der Waals surface area (Å²) in [4.78, 5) is 13.4. The highest BCUT2D eigenvalue weighted by Crippen LogP contribution is 2.24. The van der Waals surface area contributed by atoms with Crippen LogP contribution in [-0.2, 0) is 19.6 Å². The van der Waals surface area contributed by atoms with E-state index in [1.807, 2.05) is 32.0 Å². The summed E-state index contributed by atoms with van der Waals surface area (Å²) in [6, 6.07) is 5.53. The van der Waals surface area contributed by atoms with Crippen LogP contribution in [0.4, 0.5) is 5.69 Å². The van der Waals surface area contributed by atoms with Crippen LogP contribution in [0.3, 0.4) is 0 Å². The van der Waals surface area contributed by atoms with Gasteiger partial charge in [0.15, 0.2) is 5.75 Å². The summed E-state index contributed by atoms with van der Waals surface area (Å²) in [5.41, 5.74) is 2.35. The Bertz CT molecular complexity index is 562. The molecule has 7 heteroatoms. The first-order valence-corrected chi connectivity index (χ1v) is 7.68. The number of hydrogen-bond acceptors (Lipinski definition) is 4. The van der Waals surface area contributed by atoms with Crippen molar-refractivity contribution in [1.82, 2.24) is 0 Å². The molecule has 0 spiro atoms. The second-order valence-corrected chi connectivity index (χ2v) is 5.96. The number of anilines is 1. The van der Waals surface area contributed by atoms with Crippen molar-refractivity contribution >= 4 is 21.7 Å². The first-order chi connectivity index (χ1) is 9.26. The van der Waals surface area contributed by atoms with Gasteiger partial charge in [0, 0.05) is 19.3 Å². The number of carbonyl (C=O) groups is 1. The van der Waals surface area contributed by atoms with Gasteiger partial charge >= 0.3 is 0 Å². The molecule has 0 aliphatic heterocycles. The minimum absolute atomic E-state index is 0.219. The van der Waals surface area contributed by atoms with E-state index in [0.29, 0.717) is 5.69 Å². The van der Waals surface area contributed by atoms with Crippen LogP contribution in [0.5, 0.6) is 0 Å². The Hall–Kier alpha value is -1.44. The minimum Gasteiger partial charge on any atom is -0.383 e. The maximum Gasteiger partial charge on any atom is 0.274 e. The van der Waals surface area contributed by atoms with Crippen LogP contribution in [0, 0.1) is 13.8 Å². The average molecular weight is 301 g/mol. The van der Waals surface area contributed by atoms with Crippen molar-refractivity contribution < 1.29 is 22.5 Å². The molecule has 0 aliphatic rings. The summed E-state index contributed by atoms with van der Waals surface area (Å²) in [6.07, 6.45) is 0. The van der Waals surface area contributed by atoms with Gasteiger partial charge in [-0.1, -0.05) is 18.2 Å². The molecule has 0 aliphatic carbocycles. The van der Waals surface area contributed by atoms with Gasteiger partial charge in [0.1, 0.15) is 0 Å². The van der Waals surface area contributed by atoms with Gasteiger partial charge in [0.2, 0.25) is 5.91 Å². The van der Waals surface area contributed by atoms with Gasteiger partial charge in [-0.3, -0.25) is 9.35 Å². The predicted octanol–water partition coefficient (Wildman–Crippen LogP) is 1.17. The molecule has 0 fully saturated rings. The van der Waals surface area contributed by atoms with Crippen molar-refractivity contribution in [2.45, 2.75) is 13.8 Å². The summed E-state index contributed by atoms with van der Waals surface area (Å²) in [5.74, 6) is -1.62. The molecule has 1 N–H and O–H groups in total. The zero-order valence-corrected chi connectivity index (χ0v) is 12.6. The molecule has 1 aromatic rings. The van der Waals surface area contributed by atoms with E-state index in [2.05, 4.69) is 0 Å². The Kier molecular flexibility index (Phi) is 5.67. The molecular formula is C13H19NO5S. The van der Waals surface area contributed by atoms with E-state index in [1.54, 1.807) is 0 Å². The topological polar surface area (TPSA) is 83.9 Å². The Labute approximate surface area is 119 Å². The van der Waals surface area contributed by atoms with Crippen molar-refractivity contribution in [3.05, 3.63) is 29.3 Å². The highest BCUT2D eigenvalue weighted by molar-refractivity contribution is 7.86. The Morgan fingerprint density at radius 3 is 2.30 bits per heavy atom. The number of benzene rings is 1. The molecule has 1 rings (SSSR count). The molecule has 0 heterocycles. The van der Waals surface area contributed by atoms with E-state index < -0.39 is 21.8 Å². The van der Waals surface area contributed by atoms with Crippen molar-refractivity contribution in [2.24, 2.45) is 0 Å². The lowest BCUT2D eigenvalue weighted by atomic mass is 10.1. The minimum atomic E-state index is -4.36. The molecule has 0 atom stereocenters. The Morgan fingerprint density at radius 1 is 1.30 bits per heavy atom. The van der Waals surface area contributed by atoms with Crippen LogP contribution in [-0.4, -0.2) is 44.9 Å². The number of methoxy groups -OCH3 is 1. The third-order valence-electron chi connectivity index (χ3n) is 2.84. The van der Waals surface area contributed by atoms with Crippen LogP contribution >= 0.6 is 0 Å². The molecule has 0 radical (unpaired) electrons. The van der Waals surface area contributed by atoms with Crippen LogP contribution in [0.15, 0.2) is 18.2 Å². The summed E-state index contributed by atoms with van der Waals surface area (Å²) < 4.78 is 35.6. The van der Waals surface area contributed by atoms with E-state index in [4.69, 9.17) is 9.29 Å². The fourth-order valence-corrected chi connectivity index (χ4v) is 2.48. The number of ether oxygens (including phenoxy) is 1. The zero-order valence-electron chi connectivity index (χ0n) is 11.8. The van der Waals surface area contributed by atoms with E-state index in [9.17, 15) is 13.2 Å². The molecule has 0 aromatic heterocycles. The Balaban J connectivity index is 3.15. The first-order valence-electron chi connectivity index (χ1n) is 6.07. The molecule has 1 aromatic carbocycles. The number of amides is 1. The van der Waals surface area contributed by atoms with Crippen molar-refractivity contribution in [2.75, 3.05) is 30.9 Å². The van der Waals surface area contributed by atoms with Crippen LogP contribution in [0.25, 0.3) is 0 Å². The second-order valence-electron chi connectivity index (χ2n) is 4.50. The summed E-state index contributed by atoms with van der Waals surface area (Å²) in [5, 5.41) is 0. The lowest BCUT2D eigenvalue weighted by Crippen LogP contribution is -2.38. The van der Waals surface area contributed by atoms with Crippen molar-refractivity contribution in [3.8, 4) is 0 Å². The molecule has 1 amide bonds. The lowest BCUT2D eigenvalue weighted by molar-refractivity contribution is -0.116. The maximum absolute atomic E-state index is 12.1. The number of carbonyl (C=O) groups excluding carboxylic acids is 1. The zero-order chi connectivity index (χ0) is 15.3.